The number of carbonyl (C=O) groups is 1. The van der Waals surface area contributed by atoms with Gasteiger partial charge in [-0.3, -0.25) is 0 Å². The largest absolute Gasteiger partial charge is 0.444 e. The topological polar surface area (TPSA) is 78.8 Å². The van der Waals surface area contributed by atoms with Crippen LogP contribution in [0.3, 0.4) is 0 Å². The Labute approximate surface area is 102 Å². The average molecular weight is 245 g/mol. The Hall–Kier alpha value is -0.810. The number of ether oxygens (including phenoxy) is 1. The molecule has 0 heterocycles. The highest BCUT2D eigenvalue weighted by Crippen LogP contribution is 2.48. The zero-order chi connectivity index (χ0) is 13.1. The lowest BCUT2D eigenvalue weighted by molar-refractivity contribution is 0.0461. The van der Waals surface area contributed by atoms with E-state index >= 15 is 0 Å². The molecule has 1 amide bonds. The van der Waals surface area contributed by atoms with E-state index in [9.17, 15) is 15.0 Å². The van der Waals surface area contributed by atoms with Crippen LogP contribution in [0, 0.1) is 5.41 Å². The van der Waals surface area contributed by atoms with E-state index in [1.165, 1.54) is 0 Å². The Bertz CT molecular complexity index is 268. The molecular weight excluding hydrogens is 222 g/mol. The number of amides is 1. The standard InChI is InChI=1S/C12H23NO4/c1-11(2,3)17-10(16)13-9(7-14)6-12(8-15)4-5-12/h9,14-15H,4-8H2,1-3H3,(H,13,16)/t9-/m0/s1. The van der Waals surface area contributed by atoms with Crippen molar-refractivity contribution in [3.63, 3.8) is 0 Å². The molecule has 0 bridgehead atoms. The second-order valence-corrected chi connectivity index (χ2v) is 5.89. The molecule has 1 saturated carbocycles. The van der Waals surface area contributed by atoms with Crippen LogP contribution in [0.5, 0.6) is 0 Å². The van der Waals surface area contributed by atoms with Crippen LogP contribution in [0.25, 0.3) is 0 Å². The summed E-state index contributed by atoms with van der Waals surface area (Å²) in [5.41, 5.74) is -0.638. The van der Waals surface area contributed by atoms with Gasteiger partial charge in [0, 0.05) is 6.61 Å². The van der Waals surface area contributed by atoms with Crippen LogP contribution in [0.2, 0.25) is 0 Å². The molecule has 0 aromatic rings. The van der Waals surface area contributed by atoms with Crippen LogP contribution < -0.4 is 5.32 Å². The first kappa shape index (κ1) is 14.3. The summed E-state index contributed by atoms with van der Waals surface area (Å²) in [4.78, 5) is 11.5. The number of hydrogen-bond acceptors (Lipinski definition) is 4. The highest BCUT2D eigenvalue weighted by atomic mass is 16.6. The maximum absolute atomic E-state index is 11.5. The Balaban J connectivity index is 2.39. The molecule has 3 N–H and O–H groups in total. The summed E-state index contributed by atoms with van der Waals surface area (Å²) in [5, 5.41) is 21.0. The molecule has 5 nitrogen and oxygen atoms in total. The van der Waals surface area contributed by atoms with Crippen LogP contribution in [-0.4, -0.2) is 41.2 Å². The molecule has 1 aliphatic carbocycles. The van der Waals surface area contributed by atoms with Crippen molar-refractivity contribution in [2.75, 3.05) is 13.2 Å². The lowest BCUT2D eigenvalue weighted by atomic mass is 9.98. The lowest BCUT2D eigenvalue weighted by Gasteiger charge is -2.24. The van der Waals surface area contributed by atoms with Crippen LogP contribution in [0.15, 0.2) is 0 Å². The molecule has 0 radical (unpaired) electrons. The van der Waals surface area contributed by atoms with E-state index < -0.39 is 11.7 Å². The SMILES string of the molecule is CC(C)(C)OC(=O)N[C@H](CO)CC1(CO)CC1. The second-order valence-electron chi connectivity index (χ2n) is 5.89. The van der Waals surface area contributed by atoms with Gasteiger partial charge in [-0.05, 0) is 45.4 Å². The summed E-state index contributed by atoms with van der Waals surface area (Å²) in [6.07, 6.45) is 1.98. The van der Waals surface area contributed by atoms with Gasteiger partial charge < -0.3 is 20.3 Å². The van der Waals surface area contributed by atoms with E-state index in [1.807, 2.05) is 0 Å². The number of aliphatic hydroxyl groups excluding tert-OH is 2. The smallest absolute Gasteiger partial charge is 0.407 e. The minimum absolute atomic E-state index is 0.0948. The van der Waals surface area contributed by atoms with E-state index in [0.717, 1.165) is 12.8 Å². The van der Waals surface area contributed by atoms with Gasteiger partial charge in [0.1, 0.15) is 5.60 Å². The van der Waals surface area contributed by atoms with Gasteiger partial charge >= 0.3 is 6.09 Å². The van der Waals surface area contributed by atoms with Crippen molar-refractivity contribution in [1.29, 1.82) is 0 Å². The van der Waals surface area contributed by atoms with E-state index in [4.69, 9.17) is 4.74 Å². The first-order chi connectivity index (χ1) is 7.80. The molecule has 0 aromatic carbocycles. The molecule has 100 valence electrons. The van der Waals surface area contributed by atoms with Gasteiger partial charge in [-0.25, -0.2) is 4.79 Å². The summed E-state index contributed by atoms with van der Waals surface area (Å²) < 4.78 is 5.11. The molecule has 1 aliphatic rings. The maximum atomic E-state index is 11.5. The Morgan fingerprint density at radius 2 is 2.00 bits per heavy atom. The third kappa shape index (κ3) is 4.91. The first-order valence-corrected chi connectivity index (χ1v) is 6.01. The Morgan fingerprint density at radius 1 is 1.41 bits per heavy atom. The third-order valence-corrected chi connectivity index (χ3v) is 2.91. The van der Waals surface area contributed by atoms with Crippen LogP contribution in [0.4, 0.5) is 4.79 Å². The minimum atomic E-state index is -0.543. The molecule has 0 spiro atoms. The third-order valence-electron chi connectivity index (χ3n) is 2.91. The molecule has 0 unspecified atom stereocenters. The quantitative estimate of drug-likeness (QED) is 0.676. The van der Waals surface area contributed by atoms with Gasteiger partial charge in [-0.1, -0.05) is 0 Å². The van der Waals surface area contributed by atoms with Gasteiger partial charge in [-0.2, -0.15) is 0 Å². The fourth-order valence-electron chi connectivity index (χ4n) is 1.76. The summed E-state index contributed by atoms with van der Waals surface area (Å²) in [7, 11) is 0. The van der Waals surface area contributed by atoms with Gasteiger partial charge in [0.25, 0.3) is 0 Å². The van der Waals surface area contributed by atoms with Gasteiger partial charge in [-0.15, -0.1) is 0 Å². The lowest BCUT2D eigenvalue weighted by Crippen LogP contribution is -2.42. The van der Waals surface area contributed by atoms with Crippen LogP contribution >= 0.6 is 0 Å². The molecule has 0 aromatic heterocycles. The summed E-state index contributed by atoms with van der Waals surface area (Å²) in [5.74, 6) is 0. The second kappa shape index (κ2) is 5.23. The monoisotopic (exact) mass is 245 g/mol. The number of nitrogens with one attached hydrogen (secondary N) is 1. The molecule has 1 atom stereocenters. The number of alkyl carbamates (subject to hydrolysis) is 1. The van der Waals surface area contributed by atoms with Crippen molar-refractivity contribution in [2.24, 2.45) is 5.41 Å². The van der Waals surface area contributed by atoms with Crippen LogP contribution in [0.1, 0.15) is 40.0 Å². The molecule has 0 saturated heterocycles. The fraction of sp³-hybridized carbons (Fsp3) is 0.917. The van der Waals surface area contributed by atoms with E-state index in [2.05, 4.69) is 5.32 Å². The minimum Gasteiger partial charge on any atom is -0.444 e. The predicted octanol–water partition coefficient (Wildman–Crippen LogP) is 1.03. The molecule has 0 aliphatic heterocycles. The summed E-state index contributed by atoms with van der Waals surface area (Å²) in [6.45, 7) is 5.34. The molecule has 17 heavy (non-hydrogen) atoms. The molecule has 5 heteroatoms. The molecular formula is C12H23NO4. The first-order valence-electron chi connectivity index (χ1n) is 6.01. The van der Waals surface area contributed by atoms with Gasteiger partial charge in [0.15, 0.2) is 0 Å². The maximum Gasteiger partial charge on any atom is 0.407 e. The Morgan fingerprint density at radius 3 is 2.35 bits per heavy atom. The van der Waals surface area contributed by atoms with Gasteiger partial charge in [0.2, 0.25) is 0 Å². The highest BCUT2D eigenvalue weighted by Gasteiger charge is 2.43. The average Bonchev–Trinajstić information content (AvgIpc) is 2.94. The van der Waals surface area contributed by atoms with E-state index in [1.54, 1.807) is 20.8 Å². The number of rotatable bonds is 5. The normalized spacial score (nSPS) is 19.6. The van der Waals surface area contributed by atoms with Crippen molar-refractivity contribution in [1.82, 2.24) is 5.32 Å². The van der Waals surface area contributed by atoms with E-state index in [-0.39, 0.29) is 24.7 Å². The van der Waals surface area contributed by atoms with Crippen molar-refractivity contribution in [3.05, 3.63) is 0 Å². The van der Waals surface area contributed by atoms with Crippen molar-refractivity contribution in [3.8, 4) is 0 Å². The predicted molar refractivity (Wildman–Crippen MR) is 63.6 cm³/mol. The van der Waals surface area contributed by atoms with Crippen molar-refractivity contribution < 1.29 is 19.7 Å². The summed E-state index contributed by atoms with van der Waals surface area (Å²) >= 11 is 0. The zero-order valence-electron chi connectivity index (χ0n) is 10.8. The number of aliphatic hydroxyl groups is 2. The number of hydrogen-bond donors (Lipinski definition) is 3. The molecule has 1 fully saturated rings. The zero-order valence-corrected chi connectivity index (χ0v) is 10.8. The van der Waals surface area contributed by atoms with Crippen molar-refractivity contribution >= 4 is 6.09 Å². The number of carbonyl (C=O) groups excluding carboxylic acids is 1. The highest BCUT2D eigenvalue weighted by molar-refractivity contribution is 5.68. The Kier molecular flexibility index (Phi) is 4.38. The van der Waals surface area contributed by atoms with Crippen molar-refractivity contribution in [2.45, 2.75) is 51.7 Å². The van der Waals surface area contributed by atoms with E-state index in [0.29, 0.717) is 6.42 Å². The fourth-order valence-corrected chi connectivity index (χ4v) is 1.76. The molecule has 1 rings (SSSR count). The van der Waals surface area contributed by atoms with Gasteiger partial charge in [0.05, 0.1) is 12.6 Å². The van der Waals surface area contributed by atoms with Crippen LogP contribution in [-0.2, 0) is 4.74 Å². The summed E-state index contributed by atoms with van der Waals surface area (Å²) in [6, 6.07) is -0.348.